The molecule has 0 aliphatic heterocycles. The molecule has 0 saturated heterocycles. The lowest BCUT2D eigenvalue weighted by molar-refractivity contribution is -0.138. The Hall–Kier alpha value is -3.10. The second-order valence-electron chi connectivity index (χ2n) is 6.27. The molecule has 0 heterocycles. The van der Waals surface area contributed by atoms with Crippen molar-refractivity contribution >= 4 is 23.9 Å². The number of ether oxygens (including phenoxy) is 1. The van der Waals surface area contributed by atoms with Crippen LogP contribution < -0.4 is 16.0 Å². The lowest BCUT2D eigenvalue weighted by Gasteiger charge is -2.23. The maximum absolute atomic E-state index is 12.4. The Labute approximate surface area is 157 Å². The Morgan fingerprint density at radius 1 is 1.00 bits per heavy atom. The van der Waals surface area contributed by atoms with E-state index in [-0.39, 0.29) is 12.5 Å². The molecule has 0 bridgehead atoms. The van der Waals surface area contributed by atoms with Gasteiger partial charge in [0.15, 0.2) is 0 Å². The molecule has 4 N–H and O–H groups in total. The number of aliphatic carboxylic acids is 1. The van der Waals surface area contributed by atoms with E-state index in [1.54, 1.807) is 26.0 Å². The zero-order chi connectivity index (χ0) is 20.4. The van der Waals surface area contributed by atoms with Crippen molar-refractivity contribution in [3.63, 3.8) is 0 Å². The van der Waals surface area contributed by atoms with Gasteiger partial charge in [0, 0.05) is 0 Å². The summed E-state index contributed by atoms with van der Waals surface area (Å²) in [5.41, 5.74) is 0.807. The number of carboxylic acid groups (broad SMARTS) is 1. The van der Waals surface area contributed by atoms with Gasteiger partial charge in [-0.15, -0.1) is 0 Å². The van der Waals surface area contributed by atoms with Crippen LogP contribution in [-0.4, -0.2) is 47.6 Å². The fourth-order valence-electron chi connectivity index (χ4n) is 2.11. The van der Waals surface area contributed by atoms with Crippen LogP contribution in [0.3, 0.4) is 0 Å². The van der Waals surface area contributed by atoms with Crippen LogP contribution in [0.25, 0.3) is 0 Å². The summed E-state index contributed by atoms with van der Waals surface area (Å²) in [6, 6.07) is 7.21. The summed E-state index contributed by atoms with van der Waals surface area (Å²) in [4.78, 5) is 46.6. The van der Waals surface area contributed by atoms with Crippen molar-refractivity contribution in [3.8, 4) is 0 Å². The van der Waals surface area contributed by atoms with Gasteiger partial charge in [0.1, 0.15) is 25.2 Å². The highest BCUT2D eigenvalue weighted by Gasteiger charge is 2.27. The molecule has 1 rings (SSSR count). The maximum Gasteiger partial charge on any atom is 0.408 e. The molecule has 0 aliphatic rings. The molecule has 2 atom stereocenters. The molecule has 0 fully saturated rings. The smallest absolute Gasteiger partial charge is 0.408 e. The number of amides is 3. The Balaban J connectivity index is 2.55. The standard InChI is InChI=1S/C18H25N3O6/c1-11(2)15(17(25)20-12(3)16(24)19-9-14(22)23)21-18(26)27-10-13-7-5-4-6-8-13/h4-8,11-12,15H,9-10H2,1-3H3,(H,19,24)(H,20,25)(H,21,26)(H,22,23)/t12-,15-/m0/s1. The second-order valence-corrected chi connectivity index (χ2v) is 6.27. The number of carbonyl (C=O) groups excluding carboxylic acids is 3. The molecule has 1 aromatic carbocycles. The second kappa shape index (κ2) is 10.8. The van der Waals surface area contributed by atoms with Crippen molar-refractivity contribution < 1.29 is 29.0 Å². The minimum atomic E-state index is -1.19. The van der Waals surface area contributed by atoms with Crippen molar-refractivity contribution in [2.75, 3.05) is 6.54 Å². The van der Waals surface area contributed by atoms with Crippen molar-refractivity contribution in [2.45, 2.75) is 39.5 Å². The zero-order valence-electron chi connectivity index (χ0n) is 15.5. The fourth-order valence-corrected chi connectivity index (χ4v) is 2.11. The van der Waals surface area contributed by atoms with Crippen LogP contribution in [0.5, 0.6) is 0 Å². The summed E-state index contributed by atoms with van der Waals surface area (Å²) in [6.07, 6.45) is -0.754. The van der Waals surface area contributed by atoms with Crippen molar-refractivity contribution in [3.05, 3.63) is 35.9 Å². The SMILES string of the molecule is CC(C)[C@H](NC(=O)OCc1ccccc1)C(=O)N[C@@H](C)C(=O)NCC(=O)O. The number of nitrogens with one attached hydrogen (secondary N) is 3. The predicted octanol–water partition coefficient (Wildman–Crippen LogP) is 0.643. The van der Waals surface area contributed by atoms with E-state index in [0.717, 1.165) is 5.56 Å². The predicted molar refractivity (Wildman–Crippen MR) is 96.6 cm³/mol. The summed E-state index contributed by atoms with van der Waals surface area (Å²) < 4.78 is 5.10. The van der Waals surface area contributed by atoms with E-state index < -0.39 is 42.5 Å². The number of benzene rings is 1. The first-order valence-corrected chi connectivity index (χ1v) is 8.47. The molecule has 0 saturated carbocycles. The van der Waals surface area contributed by atoms with Crippen LogP contribution in [-0.2, 0) is 25.7 Å². The summed E-state index contributed by atoms with van der Waals surface area (Å²) >= 11 is 0. The number of rotatable bonds is 9. The van der Waals surface area contributed by atoms with Gasteiger partial charge in [-0.1, -0.05) is 44.2 Å². The van der Waals surface area contributed by atoms with Gasteiger partial charge in [-0.05, 0) is 18.4 Å². The van der Waals surface area contributed by atoms with Gasteiger partial charge < -0.3 is 25.8 Å². The van der Waals surface area contributed by atoms with Crippen LogP contribution in [0.4, 0.5) is 4.79 Å². The number of alkyl carbamates (subject to hydrolysis) is 1. The van der Waals surface area contributed by atoms with Crippen LogP contribution in [0, 0.1) is 5.92 Å². The molecule has 9 heteroatoms. The first kappa shape index (κ1) is 21.9. The molecule has 0 unspecified atom stereocenters. The molecular weight excluding hydrogens is 354 g/mol. The molecule has 148 valence electrons. The van der Waals surface area contributed by atoms with Crippen LogP contribution in [0.1, 0.15) is 26.3 Å². The Bertz CT molecular complexity index is 662. The molecule has 1 aromatic rings. The summed E-state index contributed by atoms with van der Waals surface area (Å²) in [5.74, 6) is -2.66. The van der Waals surface area contributed by atoms with Gasteiger partial charge >= 0.3 is 12.1 Å². The van der Waals surface area contributed by atoms with Gasteiger partial charge in [-0.25, -0.2) is 4.79 Å². The molecule has 0 radical (unpaired) electrons. The van der Waals surface area contributed by atoms with Crippen LogP contribution in [0.15, 0.2) is 30.3 Å². The van der Waals surface area contributed by atoms with Crippen molar-refractivity contribution in [1.82, 2.24) is 16.0 Å². The number of hydrogen-bond acceptors (Lipinski definition) is 5. The third-order valence-electron chi connectivity index (χ3n) is 3.60. The van der Waals surface area contributed by atoms with E-state index in [1.807, 2.05) is 18.2 Å². The number of carbonyl (C=O) groups is 4. The summed E-state index contributed by atoms with van der Waals surface area (Å²) in [5, 5.41) is 15.7. The van der Waals surface area contributed by atoms with E-state index in [9.17, 15) is 19.2 Å². The molecule has 3 amide bonds. The van der Waals surface area contributed by atoms with Gasteiger partial charge in [0.2, 0.25) is 11.8 Å². The third kappa shape index (κ3) is 8.21. The lowest BCUT2D eigenvalue weighted by atomic mass is 10.0. The number of carboxylic acids is 1. The average molecular weight is 379 g/mol. The molecular formula is C18H25N3O6. The monoisotopic (exact) mass is 379 g/mol. The first-order valence-electron chi connectivity index (χ1n) is 8.47. The van der Waals surface area contributed by atoms with Gasteiger partial charge in [0.05, 0.1) is 0 Å². The van der Waals surface area contributed by atoms with Gasteiger partial charge in [-0.2, -0.15) is 0 Å². The summed E-state index contributed by atoms with van der Waals surface area (Å²) in [6.45, 7) is 4.40. The fraction of sp³-hybridized carbons (Fsp3) is 0.444. The molecule has 0 aromatic heterocycles. The van der Waals surface area contributed by atoms with E-state index in [0.29, 0.717) is 0 Å². The topological polar surface area (TPSA) is 134 Å². The first-order chi connectivity index (χ1) is 12.7. The Morgan fingerprint density at radius 3 is 2.19 bits per heavy atom. The number of hydrogen-bond donors (Lipinski definition) is 4. The minimum absolute atomic E-state index is 0.0626. The van der Waals surface area contributed by atoms with E-state index in [1.165, 1.54) is 6.92 Å². The quantitative estimate of drug-likeness (QED) is 0.498. The minimum Gasteiger partial charge on any atom is -0.480 e. The van der Waals surface area contributed by atoms with Crippen LogP contribution in [0.2, 0.25) is 0 Å². The van der Waals surface area contributed by atoms with Crippen molar-refractivity contribution in [2.24, 2.45) is 5.92 Å². The normalized spacial score (nSPS) is 12.6. The highest BCUT2D eigenvalue weighted by molar-refractivity contribution is 5.92. The highest BCUT2D eigenvalue weighted by Crippen LogP contribution is 2.05. The average Bonchev–Trinajstić information content (AvgIpc) is 2.62. The highest BCUT2D eigenvalue weighted by atomic mass is 16.5. The Morgan fingerprint density at radius 2 is 1.63 bits per heavy atom. The molecule has 9 nitrogen and oxygen atoms in total. The van der Waals surface area contributed by atoms with E-state index >= 15 is 0 Å². The van der Waals surface area contributed by atoms with Crippen LogP contribution >= 0.6 is 0 Å². The maximum atomic E-state index is 12.4. The van der Waals surface area contributed by atoms with Crippen molar-refractivity contribution in [1.29, 1.82) is 0 Å². The Kier molecular flexibility index (Phi) is 8.77. The van der Waals surface area contributed by atoms with E-state index in [4.69, 9.17) is 9.84 Å². The van der Waals surface area contributed by atoms with E-state index in [2.05, 4.69) is 16.0 Å². The summed E-state index contributed by atoms with van der Waals surface area (Å²) in [7, 11) is 0. The third-order valence-corrected chi connectivity index (χ3v) is 3.60. The largest absolute Gasteiger partial charge is 0.480 e. The molecule has 0 spiro atoms. The molecule has 0 aliphatic carbocycles. The molecule has 27 heavy (non-hydrogen) atoms. The zero-order valence-corrected chi connectivity index (χ0v) is 15.5. The van der Waals surface area contributed by atoms with Gasteiger partial charge in [-0.3, -0.25) is 14.4 Å². The van der Waals surface area contributed by atoms with Gasteiger partial charge in [0.25, 0.3) is 0 Å². The lowest BCUT2D eigenvalue weighted by Crippen LogP contribution is -2.54.